The highest BCUT2D eigenvalue weighted by molar-refractivity contribution is 8.00. The first-order valence-corrected chi connectivity index (χ1v) is 7.15. The number of rotatable bonds is 4. The van der Waals surface area contributed by atoms with Crippen molar-refractivity contribution in [3.05, 3.63) is 60.1 Å². The number of anilines is 1. The molecule has 0 spiro atoms. The van der Waals surface area contributed by atoms with E-state index in [1.54, 1.807) is 6.07 Å². The maximum Gasteiger partial charge on any atom is 0.133 e. The summed E-state index contributed by atoms with van der Waals surface area (Å²) in [4.78, 5) is 11.3. The van der Waals surface area contributed by atoms with E-state index in [0.29, 0.717) is 5.15 Å². The molecule has 1 aromatic carbocycles. The van der Waals surface area contributed by atoms with Gasteiger partial charge in [-0.1, -0.05) is 29.8 Å². The fourth-order valence-electron chi connectivity index (χ4n) is 1.69. The topological polar surface area (TPSA) is 53.6 Å². The van der Waals surface area contributed by atoms with Gasteiger partial charge in [0.1, 0.15) is 11.5 Å². The summed E-state index contributed by atoms with van der Waals surface area (Å²) in [6, 6.07) is 13.8. The second kappa shape index (κ2) is 5.98. The van der Waals surface area contributed by atoms with E-state index in [1.165, 1.54) is 18.3 Å². The van der Waals surface area contributed by atoms with Gasteiger partial charge in [0.05, 0.1) is 10.7 Å². The second-order valence-electron chi connectivity index (χ2n) is 4.05. The fraction of sp³-hybridized carbons (Fsp3) is 0. The van der Waals surface area contributed by atoms with Crippen LogP contribution in [0.2, 0.25) is 5.15 Å². The van der Waals surface area contributed by atoms with Crippen LogP contribution in [0.15, 0.2) is 60.0 Å². The third-order valence-electron chi connectivity index (χ3n) is 2.64. The van der Waals surface area contributed by atoms with Gasteiger partial charge in [0.15, 0.2) is 0 Å². The zero-order chi connectivity index (χ0) is 13.8. The number of aromatic amines is 1. The molecule has 3 aromatic rings. The average molecular weight is 303 g/mol. The molecule has 2 N–H and O–H groups in total. The van der Waals surface area contributed by atoms with Gasteiger partial charge in [-0.25, -0.2) is 9.97 Å². The maximum absolute atomic E-state index is 5.86. The van der Waals surface area contributed by atoms with Crippen molar-refractivity contribution in [3.63, 3.8) is 0 Å². The van der Waals surface area contributed by atoms with Gasteiger partial charge in [-0.05, 0) is 18.2 Å². The molecule has 20 heavy (non-hydrogen) atoms. The monoisotopic (exact) mass is 302 g/mol. The third-order valence-corrected chi connectivity index (χ3v) is 3.64. The van der Waals surface area contributed by atoms with Crippen LogP contribution in [-0.2, 0) is 0 Å². The number of hydrogen-bond acceptors (Lipinski definition) is 4. The Hall–Kier alpha value is -1.98. The van der Waals surface area contributed by atoms with Crippen molar-refractivity contribution < 1.29 is 0 Å². The predicted octanol–water partition coefficient (Wildman–Crippen LogP) is 4.24. The number of para-hydroxylation sites is 1. The van der Waals surface area contributed by atoms with Crippen LogP contribution in [-0.4, -0.2) is 15.0 Å². The van der Waals surface area contributed by atoms with Crippen molar-refractivity contribution in [1.82, 2.24) is 15.0 Å². The first-order valence-electron chi connectivity index (χ1n) is 5.95. The van der Waals surface area contributed by atoms with Crippen molar-refractivity contribution in [1.29, 1.82) is 0 Å². The fourth-order valence-corrected chi connectivity index (χ4v) is 2.51. The van der Waals surface area contributed by atoms with Crippen LogP contribution in [0.5, 0.6) is 0 Å². The Kier molecular flexibility index (Phi) is 3.90. The Bertz CT molecular complexity index is 699. The molecule has 6 heteroatoms. The molecule has 100 valence electrons. The molecule has 0 bridgehead atoms. The lowest BCUT2D eigenvalue weighted by Crippen LogP contribution is -1.85. The Morgan fingerprint density at radius 1 is 1.10 bits per heavy atom. The van der Waals surface area contributed by atoms with E-state index >= 15 is 0 Å². The molecule has 0 aliphatic rings. The van der Waals surface area contributed by atoms with E-state index in [0.717, 1.165) is 22.0 Å². The molecular weight excluding hydrogens is 292 g/mol. The van der Waals surface area contributed by atoms with Gasteiger partial charge < -0.3 is 9.71 Å². The van der Waals surface area contributed by atoms with Gasteiger partial charge in [-0.2, -0.15) is 0 Å². The molecule has 0 amide bonds. The highest BCUT2D eigenvalue weighted by atomic mass is 35.5. The maximum atomic E-state index is 5.86. The normalized spacial score (nSPS) is 10.4. The molecule has 0 unspecified atom stereocenters. The zero-order valence-electron chi connectivity index (χ0n) is 10.4. The van der Waals surface area contributed by atoms with E-state index in [4.69, 9.17) is 11.6 Å². The summed E-state index contributed by atoms with van der Waals surface area (Å²) in [6.45, 7) is 0. The minimum Gasteiger partial charge on any atom is -0.354 e. The molecule has 0 aliphatic heterocycles. The summed E-state index contributed by atoms with van der Waals surface area (Å²) in [6.07, 6.45) is 3.35. The first kappa shape index (κ1) is 13.0. The Morgan fingerprint density at radius 3 is 2.75 bits per heavy atom. The smallest absolute Gasteiger partial charge is 0.133 e. The van der Waals surface area contributed by atoms with Gasteiger partial charge in [-0.15, -0.1) is 0 Å². The van der Waals surface area contributed by atoms with Gasteiger partial charge >= 0.3 is 0 Å². The van der Waals surface area contributed by atoms with Crippen LogP contribution in [0.4, 0.5) is 5.69 Å². The minimum atomic E-state index is 0.438. The standard InChI is InChI=1S/C14H11ClN4S/c15-13-7-12(17-9-18-13)10-6-14(16-8-10)20-19-11-4-2-1-3-5-11/h1-9,16,19H. The third kappa shape index (κ3) is 3.12. The van der Waals surface area contributed by atoms with E-state index in [1.807, 2.05) is 42.6 Å². The summed E-state index contributed by atoms with van der Waals surface area (Å²) in [5, 5.41) is 1.44. The second-order valence-corrected chi connectivity index (χ2v) is 5.28. The van der Waals surface area contributed by atoms with Crippen LogP contribution in [0.1, 0.15) is 0 Å². The van der Waals surface area contributed by atoms with Crippen molar-refractivity contribution in [2.24, 2.45) is 0 Å². The van der Waals surface area contributed by atoms with Crippen LogP contribution in [0.3, 0.4) is 0 Å². The lowest BCUT2D eigenvalue weighted by molar-refractivity contribution is 1.17. The highest BCUT2D eigenvalue weighted by Gasteiger charge is 2.05. The van der Waals surface area contributed by atoms with Gasteiger partial charge in [0, 0.05) is 35.5 Å². The molecule has 4 nitrogen and oxygen atoms in total. The van der Waals surface area contributed by atoms with Gasteiger partial charge in [-0.3, -0.25) is 0 Å². The molecule has 0 fully saturated rings. The van der Waals surface area contributed by atoms with E-state index < -0.39 is 0 Å². The summed E-state index contributed by atoms with van der Waals surface area (Å²) in [7, 11) is 0. The molecule has 0 radical (unpaired) electrons. The summed E-state index contributed by atoms with van der Waals surface area (Å²) in [5.41, 5.74) is 2.83. The number of nitrogens with one attached hydrogen (secondary N) is 2. The molecule has 2 aromatic heterocycles. The molecule has 3 rings (SSSR count). The van der Waals surface area contributed by atoms with E-state index in [9.17, 15) is 0 Å². The largest absolute Gasteiger partial charge is 0.354 e. The van der Waals surface area contributed by atoms with Crippen LogP contribution in [0, 0.1) is 0 Å². The lowest BCUT2D eigenvalue weighted by atomic mass is 10.2. The number of aromatic nitrogens is 3. The first-order chi connectivity index (χ1) is 9.81. The summed E-state index contributed by atoms with van der Waals surface area (Å²) < 4.78 is 3.26. The SMILES string of the molecule is Clc1cc(-c2c[nH]c(SNc3ccccc3)c2)ncn1. The Morgan fingerprint density at radius 2 is 1.95 bits per heavy atom. The quantitative estimate of drug-likeness (QED) is 0.559. The van der Waals surface area contributed by atoms with E-state index in [2.05, 4.69) is 19.7 Å². The number of nitrogens with zero attached hydrogens (tertiary/aromatic N) is 2. The zero-order valence-corrected chi connectivity index (χ0v) is 11.9. The van der Waals surface area contributed by atoms with Crippen molar-refractivity contribution in [2.45, 2.75) is 5.03 Å². The average Bonchev–Trinajstić information content (AvgIpc) is 2.95. The predicted molar refractivity (Wildman–Crippen MR) is 82.8 cm³/mol. The van der Waals surface area contributed by atoms with Gasteiger partial charge in [0.2, 0.25) is 0 Å². The van der Waals surface area contributed by atoms with Gasteiger partial charge in [0.25, 0.3) is 0 Å². The molecule has 0 saturated carbocycles. The molecule has 0 aliphatic carbocycles. The number of H-pyrrole nitrogens is 1. The number of halogens is 1. The molecular formula is C14H11ClN4S. The summed E-state index contributed by atoms with van der Waals surface area (Å²) in [5.74, 6) is 0. The lowest BCUT2D eigenvalue weighted by Gasteiger charge is -2.02. The highest BCUT2D eigenvalue weighted by Crippen LogP contribution is 2.25. The number of hydrogen-bond donors (Lipinski definition) is 2. The van der Waals surface area contributed by atoms with Crippen molar-refractivity contribution in [2.75, 3.05) is 4.72 Å². The van der Waals surface area contributed by atoms with Crippen molar-refractivity contribution >= 4 is 29.2 Å². The Balaban J connectivity index is 1.71. The number of benzene rings is 1. The van der Waals surface area contributed by atoms with Crippen molar-refractivity contribution in [3.8, 4) is 11.3 Å². The molecule has 2 heterocycles. The van der Waals surface area contributed by atoms with Crippen LogP contribution < -0.4 is 4.72 Å². The minimum absolute atomic E-state index is 0.438. The van der Waals surface area contributed by atoms with E-state index in [-0.39, 0.29) is 0 Å². The van der Waals surface area contributed by atoms with Crippen LogP contribution >= 0.6 is 23.5 Å². The summed E-state index contributed by atoms with van der Waals surface area (Å²) >= 11 is 7.38. The van der Waals surface area contributed by atoms with Crippen LogP contribution in [0.25, 0.3) is 11.3 Å². The molecule has 0 saturated heterocycles. The molecule has 0 atom stereocenters. The Labute approximate surface area is 125 Å².